The number of rotatable bonds is 10. The van der Waals surface area contributed by atoms with E-state index in [1.807, 2.05) is 18.2 Å². The molecule has 0 aliphatic carbocycles. The summed E-state index contributed by atoms with van der Waals surface area (Å²) in [5, 5.41) is 34.4. The molecular weight excluding hydrogens is 516 g/mol. The van der Waals surface area contributed by atoms with E-state index in [1.165, 1.54) is 11.6 Å². The molecule has 2 aromatic rings. The van der Waals surface area contributed by atoms with Crippen LogP contribution in [0.1, 0.15) is 30.6 Å². The summed E-state index contributed by atoms with van der Waals surface area (Å²) in [6.45, 7) is 2.40. The third kappa shape index (κ3) is 11.7. The molecule has 0 aliphatic rings. The third-order valence-corrected chi connectivity index (χ3v) is 6.29. The van der Waals surface area contributed by atoms with Crippen molar-refractivity contribution in [3.8, 4) is 0 Å². The summed E-state index contributed by atoms with van der Waals surface area (Å²) >= 11 is 3.16. The van der Waals surface area contributed by atoms with E-state index >= 15 is 0 Å². The predicted molar refractivity (Wildman–Crippen MR) is 127 cm³/mol. The first-order chi connectivity index (χ1) is 15.4. The van der Waals surface area contributed by atoms with Gasteiger partial charge in [-0.3, -0.25) is 0 Å². The Hall–Kier alpha value is -2.57. The third-order valence-electron chi connectivity index (χ3n) is 4.38. The van der Waals surface area contributed by atoms with Gasteiger partial charge in [0.25, 0.3) is 0 Å². The van der Waals surface area contributed by atoms with Crippen LogP contribution < -0.4 is 10.5 Å². The molecule has 11 heteroatoms. The minimum absolute atomic E-state index is 0.0267. The van der Waals surface area contributed by atoms with Crippen molar-refractivity contribution in [2.45, 2.75) is 36.8 Å². The minimum atomic E-state index is -3.84. The highest BCUT2D eigenvalue weighted by Crippen LogP contribution is 2.25. The molecule has 2 aromatic carbocycles. The summed E-state index contributed by atoms with van der Waals surface area (Å²) < 4.78 is 23.5. The van der Waals surface area contributed by atoms with Crippen LogP contribution in [0.15, 0.2) is 70.1 Å². The van der Waals surface area contributed by atoms with E-state index in [4.69, 9.17) is 15.4 Å². The number of aryl methyl sites for hydroxylation is 1. The van der Waals surface area contributed by atoms with Crippen molar-refractivity contribution in [2.75, 3.05) is 6.54 Å². The highest BCUT2D eigenvalue weighted by molar-refractivity contribution is 9.10. The lowest BCUT2D eigenvalue weighted by Gasteiger charge is -2.18. The maximum absolute atomic E-state index is 11.6. The zero-order valence-corrected chi connectivity index (χ0v) is 20.3. The van der Waals surface area contributed by atoms with E-state index in [0.717, 1.165) is 12.8 Å². The average molecular weight is 543 g/mol. The van der Waals surface area contributed by atoms with Crippen molar-refractivity contribution in [2.24, 2.45) is 5.14 Å². The van der Waals surface area contributed by atoms with Gasteiger partial charge >= 0.3 is 11.9 Å². The Labute approximate surface area is 201 Å². The number of hydrogen-bond acceptors (Lipinski definition) is 6. The molecule has 0 amide bonds. The lowest BCUT2D eigenvalue weighted by atomic mass is 10.1. The maximum Gasteiger partial charge on any atom is 0.328 e. The highest BCUT2D eigenvalue weighted by atomic mass is 79.9. The van der Waals surface area contributed by atoms with Gasteiger partial charge in [-0.15, -0.1) is 0 Å². The van der Waals surface area contributed by atoms with Gasteiger partial charge in [0.1, 0.15) is 0 Å². The van der Waals surface area contributed by atoms with Gasteiger partial charge in [-0.1, -0.05) is 36.4 Å². The first kappa shape index (κ1) is 28.5. The van der Waals surface area contributed by atoms with Gasteiger partial charge in [0.15, 0.2) is 0 Å². The average Bonchev–Trinajstić information content (AvgIpc) is 2.75. The van der Waals surface area contributed by atoms with Crippen molar-refractivity contribution in [1.82, 2.24) is 5.32 Å². The number of carbonyl (C=O) groups is 2. The van der Waals surface area contributed by atoms with Gasteiger partial charge in [0.2, 0.25) is 10.0 Å². The van der Waals surface area contributed by atoms with Crippen LogP contribution in [0.3, 0.4) is 0 Å². The molecule has 2 atom stereocenters. The van der Waals surface area contributed by atoms with Crippen LogP contribution in [-0.2, 0) is 26.0 Å². The second kappa shape index (κ2) is 13.9. The van der Waals surface area contributed by atoms with Crippen LogP contribution in [0.25, 0.3) is 0 Å². The number of aliphatic carboxylic acids is 2. The number of carboxylic acids is 2. The first-order valence-corrected chi connectivity index (χ1v) is 12.2. The van der Waals surface area contributed by atoms with E-state index in [2.05, 4.69) is 40.3 Å². The molecule has 0 saturated carbocycles. The molecular formula is C22H27BrN2O7S. The molecule has 180 valence electrons. The van der Waals surface area contributed by atoms with E-state index < -0.39 is 28.1 Å². The summed E-state index contributed by atoms with van der Waals surface area (Å²) in [4.78, 5) is 19.1. The highest BCUT2D eigenvalue weighted by Gasteiger charge is 2.17. The van der Waals surface area contributed by atoms with Gasteiger partial charge in [-0.25, -0.2) is 23.1 Å². The molecule has 0 bridgehead atoms. The molecule has 0 heterocycles. The van der Waals surface area contributed by atoms with Crippen molar-refractivity contribution in [1.29, 1.82) is 0 Å². The fourth-order valence-corrected chi connectivity index (χ4v) is 4.21. The van der Waals surface area contributed by atoms with E-state index in [0.29, 0.717) is 28.7 Å². The monoisotopic (exact) mass is 542 g/mol. The largest absolute Gasteiger partial charge is 0.478 e. The zero-order valence-electron chi connectivity index (χ0n) is 17.9. The first-order valence-electron chi connectivity index (χ1n) is 9.81. The van der Waals surface area contributed by atoms with Crippen molar-refractivity contribution in [3.63, 3.8) is 0 Å². The molecule has 2 unspecified atom stereocenters. The van der Waals surface area contributed by atoms with Crippen LogP contribution in [0.4, 0.5) is 0 Å². The molecule has 6 N–H and O–H groups in total. The van der Waals surface area contributed by atoms with Gasteiger partial charge in [-0.2, -0.15) is 0 Å². The van der Waals surface area contributed by atoms with Crippen LogP contribution >= 0.6 is 15.9 Å². The Kier molecular flexibility index (Phi) is 12.0. The van der Waals surface area contributed by atoms with E-state index in [1.54, 1.807) is 12.1 Å². The number of primary sulfonamides is 1. The number of carboxylic acid groups (broad SMARTS) is 2. The van der Waals surface area contributed by atoms with Crippen LogP contribution in [0.2, 0.25) is 0 Å². The molecule has 0 fully saturated rings. The minimum Gasteiger partial charge on any atom is -0.478 e. The number of aliphatic hydroxyl groups is 1. The number of sulfonamides is 1. The zero-order chi connectivity index (χ0) is 25.0. The smallest absolute Gasteiger partial charge is 0.328 e. The summed E-state index contributed by atoms with van der Waals surface area (Å²) in [5.41, 5.74) is 1.79. The van der Waals surface area contributed by atoms with Crippen LogP contribution in [0, 0.1) is 0 Å². The predicted octanol–water partition coefficient (Wildman–Crippen LogP) is 2.45. The standard InChI is InChI=1S/C18H23BrN2O3S.C4H4O4/c1-13(7-8-14-5-3-2-4-6-14)21-12-17(22)15-9-10-16(19)18(11-15)25(20,23)24;5-3(6)1-2-4(7)8/h2-6,9-11,13,17,21-22H,7-8,12H2,1H3,(H2,20,23,24);1-2H,(H,5,6)(H,7,8)/b;2-1+. The molecule has 0 aromatic heterocycles. The second-order valence-corrected chi connectivity index (χ2v) is 9.48. The molecule has 0 radical (unpaired) electrons. The van der Waals surface area contributed by atoms with Crippen LogP contribution in [-0.4, -0.2) is 48.3 Å². The topological polar surface area (TPSA) is 167 Å². The number of nitrogens with two attached hydrogens (primary N) is 1. The molecule has 0 saturated heterocycles. The molecule has 2 rings (SSSR count). The molecule has 0 spiro atoms. The van der Waals surface area contributed by atoms with E-state index in [9.17, 15) is 23.1 Å². The molecule has 9 nitrogen and oxygen atoms in total. The van der Waals surface area contributed by atoms with Gasteiger partial charge < -0.3 is 20.6 Å². The van der Waals surface area contributed by atoms with Gasteiger partial charge in [0, 0.05) is 29.2 Å². The van der Waals surface area contributed by atoms with Gasteiger partial charge in [-0.05, 0) is 59.0 Å². The number of halogens is 1. The van der Waals surface area contributed by atoms with Crippen molar-refractivity contribution < 1.29 is 33.3 Å². The summed E-state index contributed by atoms with van der Waals surface area (Å²) in [5.74, 6) is -2.51. The fraction of sp³-hybridized carbons (Fsp3) is 0.273. The lowest BCUT2D eigenvalue weighted by molar-refractivity contribution is -0.134. The lowest BCUT2D eigenvalue weighted by Crippen LogP contribution is -2.31. The fourth-order valence-electron chi connectivity index (χ4n) is 2.65. The van der Waals surface area contributed by atoms with E-state index in [-0.39, 0.29) is 10.9 Å². The van der Waals surface area contributed by atoms with Gasteiger partial charge in [0.05, 0.1) is 11.0 Å². The van der Waals surface area contributed by atoms with Crippen LogP contribution in [0.5, 0.6) is 0 Å². The SMILES string of the molecule is CC(CCc1ccccc1)NCC(O)c1ccc(Br)c(S(N)(=O)=O)c1.O=C(O)/C=C/C(=O)O. The second-order valence-electron chi connectivity index (χ2n) is 7.09. The number of aliphatic hydroxyl groups excluding tert-OH is 1. The maximum atomic E-state index is 11.6. The summed E-state index contributed by atoms with van der Waals surface area (Å²) in [7, 11) is -3.84. The summed E-state index contributed by atoms with van der Waals surface area (Å²) in [6.07, 6.45) is 2.20. The Balaban J connectivity index is 0.000000582. The normalized spacial score (nSPS) is 13.1. The Morgan fingerprint density at radius 3 is 2.18 bits per heavy atom. The number of benzene rings is 2. The number of nitrogens with one attached hydrogen (secondary N) is 1. The Morgan fingerprint density at radius 2 is 1.67 bits per heavy atom. The van der Waals surface area contributed by atoms with Crippen molar-refractivity contribution in [3.05, 3.63) is 76.3 Å². The Bertz CT molecular complexity index is 1040. The summed E-state index contributed by atoms with van der Waals surface area (Å²) in [6, 6.07) is 15.1. The Morgan fingerprint density at radius 1 is 1.09 bits per heavy atom. The van der Waals surface area contributed by atoms with Crippen molar-refractivity contribution >= 4 is 37.9 Å². The molecule has 33 heavy (non-hydrogen) atoms. The molecule has 0 aliphatic heterocycles. The number of hydrogen-bond donors (Lipinski definition) is 5. The quantitative estimate of drug-likeness (QED) is 0.285.